The highest BCUT2D eigenvalue weighted by Crippen LogP contribution is 2.29. The monoisotopic (exact) mass is 349 g/mol. The van der Waals surface area contributed by atoms with Crippen LogP contribution in [0.25, 0.3) is 12.2 Å². The Balaban J connectivity index is 2.09. The fraction of sp³-hybridized carbons (Fsp3) is 0.294. The molecular weight excluding hydrogens is 330 g/mol. The number of benzene rings is 1. The minimum Gasteiger partial charge on any atom is -0.493 e. The van der Waals surface area contributed by atoms with Crippen molar-refractivity contribution in [1.29, 1.82) is 0 Å². The number of methoxy groups -OCH3 is 3. The largest absolute Gasteiger partial charge is 0.493 e. The van der Waals surface area contributed by atoms with Gasteiger partial charge in [-0.25, -0.2) is 9.78 Å². The van der Waals surface area contributed by atoms with Gasteiger partial charge in [-0.3, -0.25) is 0 Å². The zero-order chi connectivity index (χ0) is 17.4. The van der Waals surface area contributed by atoms with Gasteiger partial charge in [0.25, 0.3) is 0 Å². The lowest BCUT2D eigenvalue weighted by Crippen LogP contribution is -2.05. The second kappa shape index (κ2) is 9.05. The van der Waals surface area contributed by atoms with Crippen molar-refractivity contribution in [2.45, 2.75) is 0 Å². The molecule has 0 bridgehead atoms. The molecule has 7 heteroatoms. The van der Waals surface area contributed by atoms with Crippen molar-refractivity contribution >= 4 is 29.5 Å². The van der Waals surface area contributed by atoms with Crippen molar-refractivity contribution < 1.29 is 23.7 Å². The molecule has 128 valence electrons. The fourth-order valence-corrected chi connectivity index (χ4v) is 2.61. The number of esters is 1. The van der Waals surface area contributed by atoms with E-state index in [2.05, 4.69) is 9.72 Å². The van der Waals surface area contributed by atoms with Crippen molar-refractivity contribution in [1.82, 2.24) is 4.98 Å². The first-order valence-corrected chi connectivity index (χ1v) is 8.01. The molecule has 2 aromatic rings. The van der Waals surface area contributed by atoms with Crippen LogP contribution in [0.3, 0.4) is 0 Å². The molecule has 0 N–H and O–H groups in total. The van der Waals surface area contributed by atoms with E-state index >= 15 is 0 Å². The highest BCUT2D eigenvalue weighted by atomic mass is 32.1. The van der Waals surface area contributed by atoms with Gasteiger partial charge in [0.15, 0.2) is 11.5 Å². The number of rotatable bonds is 8. The van der Waals surface area contributed by atoms with Crippen LogP contribution < -0.4 is 9.47 Å². The molecule has 0 saturated heterocycles. The number of hydrogen-bond acceptors (Lipinski definition) is 7. The Morgan fingerprint density at radius 2 is 2.00 bits per heavy atom. The third kappa shape index (κ3) is 4.81. The van der Waals surface area contributed by atoms with Crippen molar-refractivity contribution in [2.75, 3.05) is 34.5 Å². The highest BCUT2D eigenvalue weighted by Gasteiger charge is 2.09. The van der Waals surface area contributed by atoms with E-state index in [1.54, 1.807) is 14.2 Å². The first-order valence-electron chi connectivity index (χ1n) is 7.20. The summed E-state index contributed by atoms with van der Waals surface area (Å²) in [6.45, 7) is 0.967. The van der Waals surface area contributed by atoms with Gasteiger partial charge in [0.2, 0.25) is 0 Å². The van der Waals surface area contributed by atoms with Gasteiger partial charge >= 0.3 is 5.97 Å². The summed E-state index contributed by atoms with van der Waals surface area (Å²) in [4.78, 5) is 16.1. The highest BCUT2D eigenvalue weighted by molar-refractivity contribution is 7.14. The normalized spacial score (nSPS) is 10.8. The van der Waals surface area contributed by atoms with Gasteiger partial charge in [0, 0.05) is 7.11 Å². The summed E-state index contributed by atoms with van der Waals surface area (Å²) in [5.74, 6) is 0.919. The van der Waals surface area contributed by atoms with Crippen LogP contribution in [0.2, 0.25) is 0 Å². The van der Waals surface area contributed by atoms with Gasteiger partial charge in [-0.15, -0.1) is 11.3 Å². The second-order valence-corrected chi connectivity index (χ2v) is 5.70. The Labute approximate surface area is 144 Å². The minimum atomic E-state index is -0.383. The molecular formula is C17H19NO5S. The van der Waals surface area contributed by atoms with E-state index in [0.717, 1.165) is 10.6 Å². The average Bonchev–Trinajstić information content (AvgIpc) is 3.09. The van der Waals surface area contributed by atoms with Crippen molar-refractivity contribution in [3.05, 3.63) is 39.8 Å². The molecule has 0 fully saturated rings. The van der Waals surface area contributed by atoms with Gasteiger partial charge in [0.1, 0.15) is 16.5 Å². The van der Waals surface area contributed by atoms with Crippen LogP contribution in [-0.2, 0) is 9.47 Å². The Morgan fingerprint density at radius 3 is 2.71 bits per heavy atom. The van der Waals surface area contributed by atoms with E-state index in [0.29, 0.717) is 29.6 Å². The van der Waals surface area contributed by atoms with E-state index in [1.165, 1.54) is 24.6 Å². The maximum absolute atomic E-state index is 11.4. The number of ether oxygens (including phenoxy) is 4. The van der Waals surface area contributed by atoms with Crippen molar-refractivity contribution in [3.8, 4) is 11.5 Å². The quantitative estimate of drug-likeness (QED) is 0.539. The van der Waals surface area contributed by atoms with Crippen LogP contribution in [0.4, 0.5) is 0 Å². The van der Waals surface area contributed by atoms with Crippen molar-refractivity contribution in [2.24, 2.45) is 0 Å². The van der Waals surface area contributed by atoms with Gasteiger partial charge in [-0.1, -0.05) is 12.1 Å². The van der Waals surface area contributed by atoms with E-state index in [-0.39, 0.29) is 5.97 Å². The van der Waals surface area contributed by atoms with Crippen molar-refractivity contribution in [3.63, 3.8) is 0 Å². The lowest BCUT2D eigenvalue weighted by atomic mass is 10.2. The SMILES string of the molecule is COCCOc1ccc(/C=C\c2ncc(C(=O)OC)s2)cc1OC. The lowest BCUT2D eigenvalue weighted by Gasteiger charge is -2.10. The molecule has 1 aromatic heterocycles. The van der Waals surface area contributed by atoms with E-state index in [4.69, 9.17) is 14.2 Å². The fourth-order valence-electron chi connectivity index (χ4n) is 1.87. The molecule has 0 aliphatic heterocycles. The Bertz CT molecular complexity index is 711. The first kappa shape index (κ1) is 18.0. The summed E-state index contributed by atoms with van der Waals surface area (Å²) in [6, 6.07) is 5.62. The van der Waals surface area contributed by atoms with Gasteiger partial charge in [-0.2, -0.15) is 0 Å². The number of thiazole rings is 1. The number of carbonyl (C=O) groups excluding carboxylic acids is 1. The number of carbonyl (C=O) groups is 1. The van der Waals surface area contributed by atoms with Crippen LogP contribution in [0, 0.1) is 0 Å². The lowest BCUT2D eigenvalue weighted by molar-refractivity contribution is 0.0606. The third-order valence-corrected chi connectivity index (χ3v) is 4.00. The Morgan fingerprint density at radius 1 is 1.17 bits per heavy atom. The second-order valence-electron chi connectivity index (χ2n) is 4.64. The van der Waals surface area contributed by atoms with Crippen LogP contribution in [0.15, 0.2) is 24.4 Å². The van der Waals surface area contributed by atoms with Gasteiger partial charge < -0.3 is 18.9 Å². The molecule has 0 saturated carbocycles. The van der Waals surface area contributed by atoms with Crippen LogP contribution in [0.5, 0.6) is 11.5 Å². The standard InChI is InChI=1S/C17H19NO5S/c1-20-8-9-23-13-6-4-12(10-14(13)21-2)5-7-16-18-11-15(24-16)17(19)22-3/h4-7,10-11H,8-9H2,1-3H3/b7-5-. The molecule has 24 heavy (non-hydrogen) atoms. The zero-order valence-electron chi connectivity index (χ0n) is 13.8. The predicted molar refractivity (Wildman–Crippen MR) is 92.7 cm³/mol. The van der Waals surface area contributed by atoms with Gasteiger partial charge in [0.05, 0.1) is 27.0 Å². The molecule has 1 heterocycles. The third-order valence-electron chi connectivity index (χ3n) is 3.06. The zero-order valence-corrected chi connectivity index (χ0v) is 14.6. The topological polar surface area (TPSA) is 66.9 Å². The molecule has 1 aromatic carbocycles. The maximum atomic E-state index is 11.4. The molecule has 0 radical (unpaired) electrons. The maximum Gasteiger partial charge on any atom is 0.349 e. The van der Waals surface area contributed by atoms with Crippen LogP contribution >= 0.6 is 11.3 Å². The number of aromatic nitrogens is 1. The number of hydrogen-bond donors (Lipinski definition) is 0. The average molecular weight is 349 g/mol. The summed E-state index contributed by atoms with van der Waals surface area (Å²) in [7, 11) is 4.56. The molecule has 2 rings (SSSR count). The minimum absolute atomic E-state index is 0.383. The predicted octanol–water partition coefficient (Wildman–Crippen LogP) is 3.13. The molecule has 0 aliphatic rings. The summed E-state index contributed by atoms with van der Waals surface area (Å²) in [5.41, 5.74) is 0.931. The Hall–Kier alpha value is -2.38. The summed E-state index contributed by atoms with van der Waals surface area (Å²) in [6.07, 6.45) is 5.22. The molecule has 0 unspecified atom stereocenters. The van der Waals surface area contributed by atoms with Crippen LogP contribution in [0.1, 0.15) is 20.2 Å². The van der Waals surface area contributed by atoms with Crippen LogP contribution in [-0.4, -0.2) is 45.5 Å². The smallest absolute Gasteiger partial charge is 0.349 e. The van der Waals surface area contributed by atoms with E-state index < -0.39 is 0 Å². The first-order chi connectivity index (χ1) is 11.7. The molecule has 0 spiro atoms. The molecule has 0 amide bonds. The molecule has 0 aliphatic carbocycles. The summed E-state index contributed by atoms with van der Waals surface area (Å²) >= 11 is 1.27. The van der Waals surface area contributed by atoms with E-state index in [9.17, 15) is 4.79 Å². The summed E-state index contributed by atoms with van der Waals surface area (Å²) < 4.78 is 20.6. The van der Waals surface area contributed by atoms with Gasteiger partial charge in [-0.05, 0) is 23.8 Å². The molecule has 0 atom stereocenters. The summed E-state index contributed by atoms with van der Waals surface area (Å²) in [5, 5.41) is 0.717. The molecule has 6 nitrogen and oxygen atoms in total. The Kier molecular flexibility index (Phi) is 6.77. The van der Waals surface area contributed by atoms with E-state index in [1.807, 2.05) is 30.4 Å². The number of nitrogens with zero attached hydrogens (tertiary/aromatic N) is 1.